The van der Waals surface area contributed by atoms with Gasteiger partial charge in [0.2, 0.25) is 0 Å². The summed E-state index contributed by atoms with van der Waals surface area (Å²) in [6.07, 6.45) is 0. The molecule has 0 aliphatic carbocycles. The van der Waals surface area contributed by atoms with Gasteiger partial charge in [-0.3, -0.25) is 9.00 Å². The van der Waals surface area contributed by atoms with Crippen LogP contribution < -0.4 is 0 Å². The molecular weight excluding hydrogens is 265 g/mol. The summed E-state index contributed by atoms with van der Waals surface area (Å²) in [5.74, 6) is -0.0604. The Bertz CT molecular complexity index is 471. The van der Waals surface area contributed by atoms with Crippen LogP contribution in [0.2, 0.25) is 5.02 Å². The molecule has 0 bridgehead atoms. The van der Waals surface area contributed by atoms with Crippen molar-refractivity contribution in [3.63, 3.8) is 0 Å². The fourth-order valence-corrected chi connectivity index (χ4v) is 2.90. The maximum Gasteiger partial charge on any atom is 0.256 e. The van der Waals surface area contributed by atoms with Gasteiger partial charge in [-0.05, 0) is 18.2 Å². The standard InChI is InChI=1S/C11H11ClFNO2S/c12-8-1-2-10(13)9(7-8)11(15)14-3-5-17(16)6-4-14/h1-2,7H,3-6H2. The highest BCUT2D eigenvalue weighted by atomic mass is 35.5. The number of carbonyl (C=O) groups is 1. The van der Waals surface area contributed by atoms with Gasteiger partial charge in [0, 0.05) is 40.4 Å². The molecule has 0 aromatic heterocycles. The van der Waals surface area contributed by atoms with E-state index in [1.165, 1.54) is 23.1 Å². The monoisotopic (exact) mass is 275 g/mol. The fraction of sp³-hybridized carbons (Fsp3) is 0.364. The second-order valence-electron chi connectivity index (χ2n) is 3.76. The summed E-state index contributed by atoms with van der Waals surface area (Å²) in [4.78, 5) is 13.5. The van der Waals surface area contributed by atoms with Crippen molar-refractivity contribution in [1.29, 1.82) is 0 Å². The van der Waals surface area contributed by atoms with E-state index in [1.807, 2.05) is 0 Å². The van der Waals surface area contributed by atoms with Crippen LogP contribution in [0.25, 0.3) is 0 Å². The fourth-order valence-electron chi connectivity index (χ4n) is 1.67. The first-order valence-corrected chi connectivity index (χ1v) is 7.04. The molecule has 2 rings (SSSR count). The molecule has 92 valence electrons. The van der Waals surface area contributed by atoms with Crippen molar-refractivity contribution in [2.75, 3.05) is 24.6 Å². The minimum Gasteiger partial charge on any atom is -0.337 e. The number of halogens is 2. The van der Waals surface area contributed by atoms with Crippen LogP contribution in [0.4, 0.5) is 4.39 Å². The van der Waals surface area contributed by atoms with E-state index in [0.717, 1.165) is 0 Å². The highest BCUT2D eigenvalue weighted by Crippen LogP contribution is 2.17. The lowest BCUT2D eigenvalue weighted by Gasteiger charge is -2.26. The molecule has 0 N–H and O–H groups in total. The Morgan fingerprint density at radius 2 is 2.00 bits per heavy atom. The lowest BCUT2D eigenvalue weighted by molar-refractivity contribution is 0.0766. The average molecular weight is 276 g/mol. The molecule has 1 aliphatic rings. The largest absolute Gasteiger partial charge is 0.337 e. The van der Waals surface area contributed by atoms with Gasteiger partial charge in [-0.15, -0.1) is 0 Å². The molecule has 1 fully saturated rings. The van der Waals surface area contributed by atoms with Crippen LogP contribution >= 0.6 is 11.6 Å². The minimum atomic E-state index is -0.857. The quantitative estimate of drug-likeness (QED) is 0.782. The van der Waals surface area contributed by atoms with Crippen LogP contribution in [0.5, 0.6) is 0 Å². The van der Waals surface area contributed by atoms with E-state index in [4.69, 9.17) is 11.6 Å². The number of rotatable bonds is 1. The Hall–Kier alpha value is -0.940. The lowest BCUT2D eigenvalue weighted by Crippen LogP contribution is -2.42. The molecule has 1 aromatic rings. The van der Waals surface area contributed by atoms with Crippen molar-refractivity contribution >= 4 is 28.3 Å². The van der Waals surface area contributed by atoms with Gasteiger partial charge in [-0.2, -0.15) is 0 Å². The predicted octanol–water partition coefficient (Wildman–Crippen LogP) is 1.68. The van der Waals surface area contributed by atoms with E-state index in [0.29, 0.717) is 29.6 Å². The summed E-state index contributed by atoms with van der Waals surface area (Å²) >= 11 is 5.74. The minimum absolute atomic E-state index is 0.0230. The average Bonchev–Trinajstić information content (AvgIpc) is 2.32. The van der Waals surface area contributed by atoms with Gasteiger partial charge < -0.3 is 4.90 Å². The summed E-state index contributed by atoms with van der Waals surface area (Å²) in [6, 6.07) is 3.90. The third kappa shape index (κ3) is 2.84. The van der Waals surface area contributed by atoms with Crippen molar-refractivity contribution in [2.45, 2.75) is 0 Å². The summed E-state index contributed by atoms with van der Waals surface area (Å²) in [6.45, 7) is 0.800. The Morgan fingerprint density at radius 3 is 2.65 bits per heavy atom. The van der Waals surface area contributed by atoms with E-state index in [2.05, 4.69) is 0 Å². The topological polar surface area (TPSA) is 37.4 Å². The van der Waals surface area contributed by atoms with E-state index in [9.17, 15) is 13.4 Å². The number of hydrogen-bond acceptors (Lipinski definition) is 2. The van der Waals surface area contributed by atoms with Gasteiger partial charge in [-0.25, -0.2) is 4.39 Å². The molecule has 6 heteroatoms. The van der Waals surface area contributed by atoms with Crippen LogP contribution in [-0.2, 0) is 10.8 Å². The van der Waals surface area contributed by atoms with Crippen molar-refractivity contribution < 1.29 is 13.4 Å². The Labute approximate surface area is 106 Å². The molecule has 0 atom stereocenters. The predicted molar refractivity (Wildman–Crippen MR) is 65.2 cm³/mol. The molecule has 1 heterocycles. The first-order chi connectivity index (χ1) is 8.08. The SMILES string of the molecule is O=C(c1cc(Cl)ccc1F)N1CCS(=O)CC1. The van der Waals surface area contributed by atoms with Gasteiger partial charge in [0.25, 0.3) is 5.91 Å². The van der Waals surface area contributed by atoms with Gasteiger partial charge in [0.1, 0.15) is 5.82 Å². The highest BCUT2D eigenvalue weighted by molar-refractivity contribution is 7.85. The van der Waals surface area contributed by atoms with Gasteiger partial charge >= 0.3 is 0 Å². The summed E-state index contributed by atoms with van der Waals surface area (Å²) in [5, 5.41) is 0.329. The third-order valence-electron chi connectivity index (χ3n) is 2.62. The normalized spacial score (nSPS) is 17.2. The maximum absolute atomic E-state index is 13.5. The summed E-state index contributed by atoms with van der Waals surface area (Å²) < 4.78 is 24.7. The van der Waals surface area contributed by atoms with Crippen LogP contribution in [0.1, 0.15) is 10.4 Å². The smallest absolute Gasteiger partial charge is 0.256 e. The maximum atomic E-state index is 13.5. The zero-order valence-electron chi connectivity index (χ0n) is 8.99. The molecule has 0 spiro atoms. The zero-order chi connectivity index (χ0) is 12.4. The lowest BCUT2D eigenvalue weighted by atomic mass is 10.2. The molecule has 1 amide bonds. The Kier molecular flexibility index (Phi) is 3.79. The number of carbonyl (C=O) groups excluding carboxylic acids is 1. The number of amides is 1. The van der Waals surface area contributed by atoms with Crippen molar-refractivity contribution in [3.8, 4) is 0 Å². The number of nitrogens with zero attached hydrogens (tertiary/aromatic N) is 1. The Morgan fingerprint density at radius 1 is 1.35 bits per heavy atom. The molecule has 1 aliphatic heterocycles. The molecule has 0 unspecified atom stereocenters. The molecule has 0 saturated carbocycles. The first kappa shape index (κ1) is 12.5. The van der Waals surface area contributed by atoms with Crippen LogP contribution in [0.3, 0.4) is 0 Å². The number of hydrogen-bond donors (Lipinski definition) is 0. The van der Waals surface area contributed by atoms with Gasteiger partial charge in [0.05, 0.1) is 5.56 Å². The van der Waals surface area contributed by atoms with E-state index in [-0.39, 0.29) is 11.5 Å². The molecular formula is C11H11ClFNO2S. The van der Waals surface area contributed by atoms with Crippen LogP contribution in [-0.4, -0.2) is 39.6 Å². The van der Waals surface area contributed by atoms with Gasteiger partial charge in [-0.1, -0.05) is 11.6 Å². The van der Waals surface area contributed by atoms with Crippen LogP contribution in [0.15, 0.2) is 18.2 Å². The Balaban J connectivity index is 2.19. The zero-order valence-corrected chi connectivity index (χ0v) is 10.6. The third-order valence-corrected chi connectivity index (χ3v) is 4.13. The molecule has 3 nitrogen and oxygen atoms in total. The second kappa shape index (κ2) is 5.14. The van der Waals surface area contributed by atoms with Crippen LogP contribution in [0, 0.1) is 5.82 Å². The summed E-state index contributed by atoms with van der Waals surface area (Å²) in [7, 11) is -0.857. The number of benzene rings is 1. The van der Waals surface area contributed by atoms with Crippen molar-refractivity contribution in [2.24, 2.45) is 0 Å². The summed E-state index contributed by atoms with van der Waals surface area (Å²) in [5.41, 5.74) is -0.0230. The second-order valence-corrected chi connectivity index (χ2v) is 5.90. The van der Waals surface area contributed by atoms with Crippen molar-refractivity contribution in [1.82, 2.24) is 4.90 Å². The van der Waals surface area contributed by atoms with E-state index in [1.54, 1.807) is 0 Å². The first-order valence-electron chi connectivity index (χ1n) is 5.17. The molecule has 1 saturated heterocycles. The van der Waals surface area contributed by atoms with E-state index >= 15 is 0 Å². The molecule has 0 radical (unpaired) electrons. The van der Waals surface area contributed by atoms with E-state index < -0.39 is 16.6 Å². The van der Waals surface area contributed by atoms with Gasteiger partial charge in [0.15, 0.2) is 0 Å². The molecule has 17 heavy (non-hydrogen) atoms. The molecule has 1 aromatic carbocycles. The highest BCUT2D eigenvalue weighted by Gasteiger charge is 2.23. The van der Waals surface area contributed by atoms with Crippen molar-refractivity contribution in [3.05, 3.63) is 34.6 Å².